The molecule has 0 spiro atoms. The van der Waals surface area contributed by atoms with E-state index in [0.717, 1.165) is 23.9 Å². The number of halogens is 4. The third-order valence-corrected chi connectivity index (χ3v) is 4.69. The highest BCUT2D eigenvalue weighted by Crippen LogP contribution is 2.37. The van der Waals surface area contributed by atoms with Gasteiger partial charge in [-0.25, -0.2) is 0 Å². The van der Waals surface area contributed by atoms with Gasteiger partial charge in [-0.3, -0.25) is 14.9 Å². The molecule has 0 aliphatic carbocycles. The molecule has 0 aliphatic heterocycles. The van der Waals surface area contributed by atoms with Gasteiger partial charge in [-0.05, 0) is 30.3 Å². The van der Waals surface area contributed by atoms with Crippen LogP contribution in [-0.2, 0) is 11.0 Å². The van der Waals surface area contributed by atoms with Crippen molar-refractivity contribution in [2.24, 2.45) is 0 Å². The van der Waals surface area contributed by atoms with Crippen molar-refractivity contribution in [3.05, 3.63) is 63.2 Å². The molecular weight excluding hydrogens is 449 g/mol. The maximum Gasteiger partial charge on any atom is 0.418 e. The molecule has 13 heteroatoms. The molecule has 0 saturated carbocycles. The lowest BCUT2D eigenvalue weighted by Gasteiger charge is -2.13. The van der Waals surface area contributed by atoms with E-state index in [9.17, 15) is 28.1 Å². The van der Waals surface area contributed by atoms with E-state index in [1.807, 2.05) is 0 Å². The van der Waals surface area contributed by atoms with Crippen molar-refractivity contribution >= 4 is 40.6 Å². The lowest BCUT2D eigenvalue weighted by Crippen LogP contribution is -2.18. The van der Waals surface area contributed by atoms with E-state index in [4.69, 9.17) is 16.0 Å². The molecule has 3 rings (SSSR count). The van der Waals surface area contributed by atoms with Gasteiger partial charge >= 0.3 is 6.18 Å². The van der Waals surface area contributed by atoms with Gasteiger partial charge in [-0.2, -0.15) is 13.2 Å². The fourth-order valence-electron chi connectivity index (χ4n) is 2.28. The molecule has 3 aromatic rings. The molecule has 0 unspecified atom stereocenters. The van der Waals surface area contributed by atoms with Gasteiger partial charge < -0.3 is 9.73 Å². The largest absolute Gasteiger partial charge is 0.418 e. The van der Waals surface area contributed by atoms with Crippen LogP contribution in [0.2, 0.25) is 5.02 Å². The topological polar surface area (TPSA) is 111 Å². The minimum atomic E-state index is -4.89. The van der Waals surface area contributed by atoms with E-state index in [0.29, 0.717) is 16.7 Å². The zero-order valence-electron chi connectivity index (χ0n) is 14.6. The summed E-state index contributed by atoms with van der Waals surface area (Å²) in [5.41, 5.74) is -2.05. The Morgan fingerprint density at radius 1 is 1.20 bits per heavy atom. The second kappa shape index (κ2) is 8.71. The van der Waals surface area contributed by atoms with Gasteiger partial charge in [-0.1, -0.05) is 23.4 Å². The second-order valence-electron chi connectivity index (χ2n) is 5.70. The Labute approximate surface area is 175 Å². The Morgan fingerprint density at radius 2 is 1.90 bits per heavy atom. The molecule has 0 fully saturated rings. The van der Waals surface area contributed by atoms with Gasteiger partial charge in [0.15, 0.2) is 0 Å². The molecule has 0 atom stereocenters. The van der Waals surface area contributed by atoms with Gasteiger partial charge in [0.1, 0.15) is 0 Å². The highest BCUT2D eigenvalue weighted by Gasteiger charge is 2.35. The Balaban J connectivity index is 1.67. The third kappa shape index (κ3) is 5.27. The number of alkyl halides is 3. The first-order valence-electron chi connectivity index (χ1n) is 8.01. The first-order chi connectivity index (χ1) is 14.1. The van der Waals surface area contributed by atoms with E-state index in [1.165, 1.54) is 0 Å². The van der Waals surface area contributed by atoms with Crippen molar-refractivity contribution in [3.8, 4) is 11.5 Å². The molecule has 1 N–H and O–H groups in total. The van der Waals surface area contributed by atoms with E-state index in [-0.39, 0.29) is 16.9 Å². The van der Waals surface area contributed by atoms with E-state index in [1.54, 1.807) is 24.3 Å². The van der Waals surface area contributed by atoms with Crippen LogP contribution in [0.3, 0.4) is 0 Å². The zero-order chi connectivity index (χ0) is 21.9. The lowest BCUT2D eigenvalue weighted by atomic mass is 10.1. The average molecular weight is 459 g/mol. The molecule has 30 heavy (non-hydrogen) atoms. The number of hydrogen-bond acceptors (Lipinski definition) is 7. The second-order valence-corrected chi connectivity index (χ2v) is 7.06. The summed E-state index contributed by atoms with van der Waals surface area (Å²) >= 11 is 6.62. The molecule has 1 heterocycles. The summed E-state index contributed by atoms with van der Waals surface area (Å²) in [6.45, 7) is 0. The minimum absolute atomic E-state index is 0.0369. The number of anilines is 1. The summed E-state index contributed by atoms with van der Waals surface area (Å²) in [5, 5.41) is 20.9. The van der Waals surface area contributed by atoms with Crippen LogP contribution >= 0.6 is 23.4 Å². The number of nitro benzene ring substituents is 1. The number of amides is 1. The molecule has 2 aromatic carbocycles. The van der Waals surface area contributed by atoms with Crippen molar-refractivity contribution < 1.29 is 27.3 Å². The van der Waals surface area contributed by atoms with Crippen molar-refractivity contribution in [3.63, 3.8) is 0 Å². The predicted molar refractivity (Wildman–Crippen MR) is 102 cm³/mol. The monoisotopic (exact) mass is 458 g/mol. The van der Waals surface area contributed by atoms with Crippen molar-refractivity contribution in [1.29, 1.82) is 0 Å². The number of aromatic nitrogens is 2. The Morgan fingerprint density at radius 3 is 2.53 bits per heavy atom. The van der Waals surface area contributed by atoms with Gasteiger partial charge in [-0.15, -0.1) is 10.2 Å². The van der Waals surface area contributed by atoms with Crippen LogP contribution in [0.25, 0.3) is 11.5 Å². The van der Waals surface area contributed by atoms with Gasteiger partial charge in [0.2, 0.25) is 11.8 Å². The smallest absolute Gasteiger partial charge is 0.411 e. The van der Waals surface area contributed by atoms with Crippen LogP contribution in [0.15, 0.2) is 52.1 Å². The number of carbonyl (C=O) groups excluding carboxylic acids is 1. The van der Waals surface area contributed by atoms with Crippen LogP contribution in [-0.4, -0.2) is 26.8 Å². The molecule has 0 aliphatic rings. The molecule has 1 aromatic heterocycles. The number of hydrogen-bond donors (Lipinski definition) is 1. The minimum Gasteiger partial charge on any atom is -0.411 e. The zero-order valence-corrected chi connectivity index (χ0v) is 16.2. The molecule has 1 amide bonds. The van der Waals surface area contributed by atoms with Crippen LogP contribution in [0, 0.1) is 10.1 Å². The first-order valence-corrected chi connectivity index (χ1v) is 9.37. The van der Waals surface area contributed by atoms with Crippen molar-refractivity contribution in [2.45, 2.75) is 11.4 Å². The van der Waals surface area contributed by atoms with Gasteiger partial charge in [0.25, 0.3) is 10.9 Å². The van der Waals surface area contributed by atoms with Crippen molar-refractivity contribution in [1.82, 2.24) is 10.2 Å². The highest BCUT2D eigenvalue weighted by molar-refractivity contribution is 7.99. The predicted octanol–water partition coefficient (Wildman–Crippen LogP) is 5.05. The lowest BCUT2D eigenvalue weighted by molar-refractivity contribution is -0.385. The number of carbonyl (C=O) groups is 1. The third-order valence-electron chi connectivity index (χ3n) is 3.62. The maximum atomic E-state index is 13.2. The fourth-order valence-corrected chi connectivity index (χ4v) is 2.97. The van der Waals surface area contributed by atoms with Crippen LogP contribution in [0.4, 0.5) is 24.5 Å². The average Bonchev–Trinajstić information content (AvgIpc) is 3.15. The van der Waals surface area contributed by atoms with Crippen LogP contribution in [0.1, 0.15) is 5.56 Å². The first kappa shape index (κ1) is 21.6. The molecule has 0 bridgehead atoms. The fraction of sp³-hybridized carbons (Fsp3) is 0.118. The molecule has 0 radical (unpaired) electrons. The van der Waals surface area contributed by atoms with Gasteiger partial charge in [0.05, 0.1) is 21.9 Å². The van der Waals surface area contributed by atoms with Gasteiger partial charge in [0, 0.05) is 22.7 Å². The van der Waals surface area contributed by atoms with E-state index in [2.05, 4.69) is 15.5 Å². The number of benzene rings is 2. The molecule has 8 nitrogen and oxygen atoms in total. The summed E-state index contributed by atoms with van der Waals surface area (Å²) in [6.07, 6.45) is -4.89. The number of nitrogens with zero attached hydrogens (tertiary/aromatic N) is 3. The summed E-state index contributed by atoms with van der Waals surface area (Å²) in [7, 11) is 0. The highest BCUT2D eigenvalue weighted by atomic mass is 35.5. The van der Waals surface area contributed by atoms with Crippen molar-refractivity contribution in [2.75, 3.05) is 11.1 Å². The SMILES string of the molecule is O=C(CSc1nnc(-c2ccc(Cl)cc2)o1)Nc1ccc([N+](=O)[O-])cc1C(F)(F)F. The quantitative estimate of drug-likeness (QED) is 0.312. The standard InChI is InChI=1S/C17H10ClF3N4O4S/c18-10-3-1-9(2-4-10)15-23-24-16(29-15)30-8-14(26)22-13-6-5-11(25(27)28)7-12(13)17(19,20)21/h1-7H,8H2,(H,22,26). The Bertz CT molecular complexity index is 1090. The Hall–Kier alpha value is -3.12. The van der Waals surface area contributed by atoms with E-state index >= 15 is 0 Å². The van der Waals surface area contributed by atoms with E-state index < -0.39 is 33.9 Å². The molecular formula is C17H10ClF3N4O4S. The summed E-state index contributed by atoms with van der Waals surface area (Å²) in [5.74, 6) is -0.925. The number of nitro groups is 1. The number of rotatable bonds is 6. The Kier molecular flexibility index (Phi) is 6.27. The normalized spacial score (nSPS) is 11.3. The van der Waals surface area contributed by atoms with Crippen LogP contribution in [0.5, 0.6) is 0 Å². The molecule has 0 saturated heterocycles. The summed E-state index contributed by atoms with van der Waals surface area (Å²) in [4.78, 5) is 21.8. The number of thioether (sulfide) groups is 1. The maximum absolute atomic E-state index is 13.2. The summed E-state index contributed by atoms with van der Waals surface area (Å²) < 4.78 is 44.9. The molecule has 156 valence electrons. The number of nitrogens with one attached hydrogen (secondary N) is 1. The number of non-ortho nitro benzene ring substituents is 1. The summed E-state index contributed by atoms with van der Waals surface area (Å²) in [6, 6.07) is 8.63. The van der Waals surface area contributed by atoms with Crippen LogP contribution < -0.4 is 5.32 Å².